The molecule has 1 atom stereocenters. The van der Waals surface area contributed by atoms with Gasteiger partial charge in [-0.05, 0) is 94.4 Å². The second-order valence-electron chi connectivity index (χ2n) is 19.0. The number of amides is 1. The molecule has 4 aliphatic rings. The fourth-order valence-corrected chi connectivity index (χ4v) is 10.4. The number of carboxylic acid groups (broad SMARTS) is 1. The van der Waals surface area contributed by atoms with Crippen LogP contribution >= 0.6 is 0 Å². The van der Waals surface area contributed by atoms with Gasteiger partial charge in [0.25, 0.3) is 0 Å². The van der Waals surface area contributed by atoms with E-state index in [2.05, 4.69) is 66.0 Å². The summed E-state index contributed by atoms with van der Waals surface area (Å²) in [6.07, 6.45) is 17.9. The molecule has 4 aliphatic carbocycles. The van der Waals surface area contributed by atoms with Crippen LogP contribution in [0, 0.1) is 0 Å². The van der Waals surface area contributed by atoms with Crippen LogP contribution in [0.3, 0.4) is 0 Å². The second-order valence-corrected chi connectivity index (χ2v) is 19.0. The topological polar surface area (TPSA) is 133 Å². The molecule has 0 aromatic heterocycles. The van der Waals surface area contributed by atoms with Gasteiger partial charge in [-0.1, -0.05) is 173 Å². The number of benzene rings is 4. The highest BCUT2D eigenvalue weighted by atomic mass is 16.6. The van der Waals surface area contributed by atoms with Crippen molar-refractivity contribution in [3.05, 3.63) is 144 Å². The van der Waals surface area contributed by atoms with E-state index in [4.69, 9.17) is 4.74 Å². The number of aliphatic hydroxyl groups excluding tert-OH is 2. The molecule has 4 aromatic rings. The molecule has 0 spiro atoms. The second kappa shape index (κ2) is 22.5. The molecule has 0 heterocycles. The van der Waals surface area contributed by atoms with Crippen molar-refractivity contribution >= 4 is 18.3 Å². The zero-order valence-electron chi connectivity index (χ0n) is 37.4. The molecule has 0 bridgehead atoms. The molecule has 4 N–H and O–H groups in total. The Morgan fingerprint density at radius 2 is 0.903 bits per heavy atom. The average molecular weight is 846 g/mol. The molecule has 4 aromatic carbocycles. The molecule has 8 rings (SSSR count). The van der Waals surface area contributed by atoms with Crippen LogP contribution < -0.4 is 5.32 Å². The Hall–Kier alpha value is -4.79. The van der Waals surface area contributed by atoms with Gasteiger partial charge in [0, 0.05) is 16.2 Å². The number of hydrogen-bond acceptors (Lipinski definition) is 6. The molecule has 334 valence electrons. The van der Waals surface area contributed by atoms with Crippen molar-refractivity contribution in [3.8, 4) is 0 Å². The zero-order valence-corrected chi connectivity index (χ0v) is 37.4. The number of alkyl carbamates (subject to hydrolysis) is 1. The van der Waals surface area contributed by atoms with Gasteiger partial charge in [-0.15, -0.1) is 0 Å². The summed E-state index contributed by atoms with van der Waals surface area (Å²) in [5.41, 5.74) is 3.56. The molecule has 62 heavy (non-hydrogen) atoms. The lowest BCUT2D eigenvalue weighted by molar-refractivity contribution is -0.141. The molecule has 8 nitrogen and oxygen atoms in total. The molecule has 0 radical (unpaired) electrons. The molecule has 1 unspecified atom stereocenters. The van der Waals surface area contributed by atoms with Crippen LogP contribution in [0.5, 0.6) is 0 Å². The average Bonchev–Trinajstić information content (AvgIpc) is 4.16. The predicted octanol–water partition coefficient (Wildman–Crippen LogP) is 11.2. The molecular weight excluding hydrogens is 775 g/mol. The van der Waals surface area contributed by atoms with Gasteiger partial charge < -0.3 is 30.2 Å². The SMILES string of the molecule is CC(C)(C)OC(=O)NC(C(=O)O)C1(c2ccccc2)CCCC1.O=CC1(c2ccccc2)CCCC1.OCC1(c2ccccc2)CCCC1.OCC1(c2ccccc2)CCCC1. The minimum Gasteiger partial charge on any atom is -0.480 e. The minimum atomic E-state index is -1.03. The summed E-state index contributed by atoms with van der Waals surface area (Å²) in [5.74, 6) is -1.03. The molecule has 4 fully saturated rings. The number of hydrogen-bond donors (Lipinski definition) is 4. The van der Waals surface area contributed by atoms with Crippen LogP contribution in [0.25, 0.3) is 0 Å². The first-order valence-electron chi connectivity index (χ1n) is 23.0. The minimum absolute atomic E-state index is 0.0846. The van der Waals surface area contributed by atoms with Crippen molar-refractivity contribution in [2.24, 2.45) is 0 Å². The van der Waals surface area contributed by atoms with Crippen LogP contribution in [-0.2, 0) is 36.0 Å². The maximum atomic E-state index is 12.1. The summed E-state index contributed by atoms with van der Waals surface area (Å²) in [6, 6.07) is 39.6. The standard InChI is InChI=1S/C18H25NO4.2C12H16O.C12H14O/c1-17(2,3)23-16(22)19-14(15(20)21)18(11-7-8-12-18)13-9-5-4-6-10-13;3*13-10-12(8-4-5-9-12)11-6-2-1-3-7-11/h4-6,9-10,14H,7-8,11-12H2,1-3H3,(H,19,22)(H,20,21);2*1-3,6-7,13H,4-5,8-10H2;1-3,6-7,10H,4-5,8-9H2. The quantitative estimate of drug-likeness (QED) is 0.117. The van der Waals surface area contributed by atoms with Crippen LogP contribution in [0.15, 0.2) is 121 Å². The lowest BCUT2D eigenvalue weighted by Crippen LogP contribution is -2.54. The summed E-state index contributed by atoms with van der Waals surface area (Å²) in [5, 5.41) is 31.3. The summed E-state index contributed by atoms with van der Waals surface area (Å²) in [4.78, 5) is 35.1. The van der Waals surface area contributed by atoms with Crippen LogP contribution in [-0.4, -0.2) is 58.5 Å². The first-order valence-corrected chi connectivity index (χ1v) is 23.0. The molecular formula is C54H71NO7. The number of carboxylic acids is 1. The lowest BCUT2D eigenvalue weighted by Gasteiger charge is -2.36. The Balaban J connectivity index is 0.000000162. The highest BCUT2D eigenvalue weighted by Crippen LogP contribution is 2.45. The molecule has 8 heteroatoms. The van der Waals surface area contributed by atoms with Gasteiger partial charge in [0.1, 0.15) is 17.9 Å². The van der Waals surface area contributed by atoms with Gasteiger partial charge in [0.05, 0.1) is 18.6 Å². The van der Waals surface area contributed by atoms with Gasteiger partial charge in [-0.25, -0.2) is 9.59 Å². The number of carbonyl (C=O) groups excluding carboxylic acids is 2. The van der Waals surface area contributed by atoms with E-state index in [0.717, 1.165) is 76.1 Å². The van der Waals surface area contributed by atoms with Crippen molar-refractivity contribution in [2.75, 3.05) is 13.2 Å². The summed E-state index contributed by atoms with van der Waals surface area (Å²) < 4.78 is 5.25. The number of aliphatic carboxylic acids is 1. The van der Waals surface area contributed by atoms with E-state index >= 15 is 0 Å². The third-order valence-electron chi connectivity index (χ3n) is 13.9. The van der Waals surface area contributed by atoms with Gasteiger partial charge in [0.2, 0.25) is 0 Å². The van der Waals surface area contributed by atoms with Crippen molar-refractivity contribution in [3.63, 3.8) is 0 Å². The Bertz CT molecular complexity index is 1860. The summed E-state index contributed by atoms with van der Waals surface area (Å²) in [7, 11) is 0. The van der Waals surface area contributed by atoms with E-state index in [1.807, 2.05) is 60.7 Å². The fraction of sp³-hybridized carbons (Fsp3) is 0.500. The number of aldehydes is 1. The summed E-state index contributed by atoms with van der Waals surface area (Å²) in [6.45, 7) is 5.87. The predicted molar refractivity (Wildman–Crippen MR) is 247 cm³/mol. The highest BCUT2D eigenvalue weighted by molar-refractivity contribution is 5.82. The third kappa shape index (κ3) is 12.2. The number of rotatable bonds is 10. The zero-order chi connectivity index (χ0) is 44.5. The van der Waals surface area contributed by atoms with E-state index in [9.17, 15) is 29.7 Å². The first-order chi connectivity index (χ1) is 29.9. The molecule has 0 saturated heterocycles. The maximum absolute atomic E-state index is 12.1. The lowest BCUT2D eigenvalue weighted by atomic mass is 9.72. The smallest absolute Gasteiger partial charge is 0.408 e. The highest BCUT2D eigenvalue weighted by Gasteiger charge is 2.48. The van der Waals surface area contributed by atoms with Crippen molar-refractivity contribution in [1.29, 1.82) is 0 Å². The van der Waals surface area contributed by atoms with Crippen LogP contribution in [0.4, 0.5) is 4.79 Å². The van der Waals surface area contributed by atoms with E-state index in [1.165, 1.54) is 55.2 Å². The largest absolute Gasteiger partial charge is 0.480 e. The van der Waals surface area contributed by atoms with Crippen LogP contribution in [0.1, 0.15) is 146 Å². The van der Waals surface area contributed by atoms with E-state index in [-0.39, 0.29) is 16.2 Å². The fourth-order valence-electron chi connectivity index (χ4n) is 10.4. The van der Waals surface area contributed by atoms with Gasteiger partial charge in [-0.2, -0.15) is 0 Å². The van der Waals surface area contributed by atoms with E-state index < -0.39 is 29.1 Å². The van der Waals surface area contributed by atoms with E-state index in [0.29, 0.717) is 13.2 Å². The number of nitrogens with one attached hydrogen (secondary N) is 1. The summed E-state index contributed by atoms with van der Waals surface area (Å²) >= 11 is 0. The normalized spacial score (nSPS) is 19.5. The first kappa shape index (κ1) is 48.2. The van der Waals surface area contributed by atoms with E-state index in [1.54, 1.807) is 20.8 Å². The number of aliphatic hydroxyl groups is 2. The van der Waals surface area contributed by atoms with Crippen LogP contribution in [0.2, 0.25) is 0 Å². The van der Waals surface area contributed by atoms with Gasteiger partial charge in [0.15, 0.2) is 0 Å². The number of ether oxygens (including phenoxy) is 1. The third-order valence-corrected chi connectivity index (χ3v) is 13.9. The van der Waals surface area contributed by atoms with Gasteiger partial charge in [-0.3, -0.25) is 0 Å². The maximum Gasteiger partial charge on any atom is 0.408 e. The Kier molecular flexibility index (Phi) is 17.5. The molecule has 1 amide bonds. The Morgan fingerprint density at radius 1 is 0.565 bits per heavy atom. The monoisotopic (exact) mass is 846 g/mol. The Labute approximate surface area is 370 Å². The van der Waals surface area contributed by atoms with Gasteiger partial charge >= 0.3 is 12.1 Å². The van der Waals surface area contributed by atoms with Crippen molar-refractivity contribution < 1.29 is 34.4 Å². The molecule has 0 aliphatic heterocycles. The number of carbonyl (C=O) groups is 3. The Morgan fingerprint density at radius 3 is 1.24 bits per heavy atom. The van der Waals surface area contributed by atoms with Crippen molar-refractivity contribution in [2.45, 2.75) is 157 Å². The van der Waals surface area contributed by atoms with Crippen molar-refractivity contribution in [1.82, 2.24) is 5.32 Å². The molecule has 4 saturated carbocycles.